The summed E-state index contributed by atoms with van der Waals surface area (Å²) in [4.78, 5) is 24.1. The van der Waals surface area contributed by atoms with Gasteiger partial charge in [0.25, 0.3) is 5.56 Å². The first-order valence-electron chi connectivity index (χ1n) is 4.98. The molecule has 18 heavy (non-hydrogen) atoms. The molecule has 2 heterocycles. The van der Waals surface area contributed by atoms with Gasteiger partial charge in [-0.05, 0) is 12.2 Å². The first kappa shape index (κ1) is 12.3. The lowest BCUT2D eigenvalue weighted by Gasteiger charge is -2.21. The summed E-state index contributed by atoms with van der Waals surface area (Å²) in [5.41, 5.74) is -3.28. The molecule has 0 radical (unpaired) electrons. The van der Waals surface area contributed by atoms with E-state index in [1.807, 2.05) is 0 Å². The molecule has 0 unspecified atom stereocenters. The van der Waals surface area contributed by atoms with Crippen molar-refractivity contribution in [2.45, 2.75) is 11.8 Å². The highest BCUT2D eigenvalue weighted by molar-refractivity contribution is 5.24. The summed E-state index contributed by atoms with van der Waals surface area (Å²) in [6.45, 7) is -0.475. The van der Waals surface area contributed by atoms with Gasteiger partial charge in [0.15, 0.2) is 11.8 Å². The van der Waals surface area contributed by atoms with Gasteiger partial charge in [0.05, 0.1) is 12.8 Å². The molecule has 1 aliphatic heterocycles. The van der Waals surface area contributed by atoms with Crippen LogP contribution in [-0.4, -0.2) is 26.9 Å². The first-order valence-corrected chi connectivity index (χ1v) is 4.98. The van der Waals surface area contributed by atoms with Crippen molar-refractivity contribution < 1.29 is 14.2 Å². The fourth-order valence-electron chi connectivity index (χ4n) is 1.55. The van der Waals surface area contributed by atoms with Crippen molar-refractivity contribution >= 4 is 0 Å². The molecular weight excluding hydrogens is 243 g/mol. The van der Waals surface area contributed by atoms with E-state index >= 15 is 0 Å². The van der Waals surface area contributed by atoms with Gasteiger partial charge in [0.2, 0.25) is 5.82 Å². The lowest BCUT2D eigenvalue weighted by molar-refractivity contribution is -0.0506. The molecule has 0 amide bonds. The molecule has 94 valence electrons. The summed E-state index contributed by atoms with van der Waals surface area (Å²) >= 11 is 0. The third-order valence-corrected chi connectivity index (χ3v) is 2.54. The summed E-state index contributed by atoms with van der Waals surface area (Å²) in [6, 6.07) is 0. The van der Waals surface area contributed by atoms with E-state index in [9.17, 15) is 14.0 Å². The average Bonchev–Trinajstić information content (AvgIpc) is 2.79. The highest BCUT2D eigenvalue weighted by Crippen LogP contribution is 2.27. The molecule has 1 aliphatic rings. The quantitative estimate of drug-likeness (QED) is 0.529. The topological polar surface area (TPSA) is 84.3 Å². The second-order valence-corrected chi connectivity index (χ2v) is 3.70. The molecule has 1 aromatic heterocycles. The molecule has 0 spiro atoms. The van der Waals surface area contributed by atoms with Gasteiger partial charge >= 0.3 is 5.69 Å². The maximum atomic E-state index is 13.1. The number of H-pyrrole nitrogens is 1. The SMILES string of the molecule is C#C[C@@]1(CO)C=C[C@H](n2cc(F)c(=O)[nH]c2=O)O1. The van der Waals surface area contributed by atoms with Crippen LogP contribution in [0.15, 0.2) is 27.9 Å². The van der Waals surface area contributed by atoms with Crippen LogP contribution in [0.1, 0.15) is 6.23 Å². The number of hydrogen-bond donors (Lipinski definition) is 2. The third kappa shape index (κ3) is 1.88. The van der Waals surface area contributed by atoms with E-state index in [1.165, 1.54) is 12.2 Å². The standard InChI is InChI=1S/C11H9FN2O4/c1-2-11(6-15)4-3-8(18-11)14-5-7(12)9(16)13-10(14)17/h1,3-5,8,15H,6H2,(H,13,16,17)/t8-,11+/m1/s1. The van der Waals surface area contributed by atoms with Gasteiger partial charge in [0, 0.05) is 0 Å². The summed E-state index contributed by atoms with van der Waals surface area (Å²) in [6.07, 6.45) is 7.74. The van der Waals surface area contributed by atoms with Crippen molar-refractivity contribution in [3.63, 3.8) is 0 Å². The molecule has 7 heteroatoms. The third-order valence-electron chi connectivity index (χ3n) is 2.54. The number of nitrogens with one attached hydrogen (secondary N) is 1. The van der Waals surface area contributed by atoms with Crippen molar-refractivity contribution in [3.05, 3.63) is 45.0 Å². The summed E-state index contributed by atoms with van der Waals surface area (Å²) < 4.78 is 19.2. The Morgan fingerprint density at radius 1 is 1.67 bits per heavy atom. The number of terminal acetylenes is 1. The number of ether oxygens (including phenoxy) is 1. The zero-order valence-corrected chi connectivity index (χ0v) is 9.09. The Kier molecular flexibility index (Phi) is 2.90. The van der Waals surface area contributed by atoms with E-state index < -0.39 is 35.5 Å². The van der Waals surface area contributed by atoms with E-state index in [1.54, 1.807) is 4.98 Å². The number of halogens is 1. The van der Waals surface area contributed by atoms with Crippen LogP contribution in [0.3, 0.4) is 0 Å². The lowest BCUT2D eigenvalue weighted by atomic mass is 10.1. The minimum atomic E-state index is -1.34. The number of aromatic nitrogens is 2. The Labute approximate surface area is 100 Å². The van der Waals surface area contributed by atoms with E-state index in [0.29, 0.717) is 0 Å². The number of aliphatic hydroxyl groups excluding tert-OH is 1. The Bertz CT molecular complexity index is 654. The fourth-order valence-corrected chi connectivity index (χ4v) is 1.55. The van der Waals surface area contributed by atoms with Crippen LogP contribution in [0, 0.1) is 18.2 Å². The zero-order chi connectivity index (χ0) is 13.3. The maximum Gasteiger partial charge on any atom is 0.330 e. The van der Waals surface area contributed by atoms with Crippen LogP contribution in [-0.2, 0) is 4.74 Å². The van der Waals surface area contributed by atoms with Gasteiger partial charge in [-0.3, -0.25) is 14.3 Å². The van der Waals surface area contributed by atoms with Gasteiger partial charge < -0.3 is 9.84 Å². The van der Waals surface area contributed by atoms with Gasteiger partial charge in [-0.15, -0.1) is 6.42 Å². The van der Waals surface area contributed by atoms with Crippen LogP contribution in [0.2, 0.25) is 0 Å². The molecule has 0 aromatic carbocycles. The Hall–Kier alpha value is -2.17. The van der Waals surface area contributed by atoms with Crippen molar-refractivity contribution in [1.82, 2.24) is 9.55 Å². The van der Waals surface area contributed by atoms with E-state index in [4.69, 9.17) is 16.3 Å². The normalized spacial score (nSPS) is 26.2. The second kappa shape index (κ2) is 4.25. The molecule has 0 aliphatic carbocycles. The molecule has 1 aromatic rings. The molecule has 0 bridgehead atoms. The number of aliphatic hydroxyl groups is 1. The van der Waals surface area contributed by atoms with Crippen LogP contribution in [0.4, 0.5) is 4.39 Å². The molecule has 0 saturated heterocycles. The van der Waals surface area contributed by atoms with E-state index in [2.05, 4.69) is 5.92 Å². The molecule has 2 N–H and O–H groups in total. The van der Waals surface area contributed by atoms with Crippen molar-refractivity contribution in [2.75, 3.05) is 6.61 Å². The molecule has 2 rings (SSSR count). The van der Waals surface area contributed by atoms with Crippen molar-refractivity contribution in [1.29, 1.82) is 0 Å². The van der Waals surface area contributed by atoms with Crippen molar-refractivity contribution in [2.24, 2.45) is 0 Å². The molecule has 2 atom stereocenters. The Balaban J connectivity index is 2.41. The Morgan fingerprint density at radius 2 is 2.39 bits per heavy atom. The second-order valence-electron chi connectivity index (χ2n) is 3.70. The average molecular weight is 252 g/mol. The maximum absolute atomic E-state index is 13.1. The molecular formula is C11H9FN2O4. The van der Waals surface area contributed by atoms with Gasteiger partial charge in [-0.2, -0.15) is 4.39 Å². The highest BCUT2D eigenvalue weighted by atomic mass is 19.1. The number of nitrogens with zero attached hydrogens (tertiary/aromatic N) is 1. The van der Waals surface area contributed by atoms with Crippen LogP contribution in [0.5, 0.6) is 0 Å². The Morgan fingerprint density at radius 3 is 2.94 bits per heavy atom. The van der Waals surface area contributed by atoms with Crippen molar-refractivity contribution in [3.8, 4) is 12.3 Å². The first-order chi connectivity index (χ1) is 8.51. The van der Waals surface area contributed by atoms with Gasteiger partial charge in [-0.25, -0.2) is 4.79 Å². The van der Waals surface area contributed by atoms with E-state index in [-0.39, 0.29) is 0 Å². The van der Waals surface area contributed by atoms with Crippen LogP contribution >= 0.6 is 0 Å². The van der Waals surface area contributed by atoms with Gasteiger partial charge in [0.1, 0.15) is 0 Å². The molecule has 6 nitrogen and oxygen atoms in total. The molecule has 0 fully saturated rings. The lowest BCUT2D eigenvalue weighted by Crippen LogP contribution is -2.37. The number of hydrogen-bond acceptors (Lipinski definition) is 4. The van der Waals surface area contributed by atoms with Crippen LogP contribution < -0.4 is 11.2 Å². The molecule has 0 saturated carbocycles. The zero-order valence-electron chi connectivity index (χ0n) is 9.09. The summed E-state index contributed by atoms with van der Waals surface area (Å²) in [5, 5.41) is 9.11. The minimum Gasteiger partial charge on any atom is -0.392 e. The summed E-state index contributed by atoms with van der Waals surface area (Å²) in [5.74, 6) is 1.12. The predicted octanol–water partition coefficient (Wildman–Crippen LogP) is -0.875. The number of aromatic amines is 1. The van der Waals surface area contributed by atoms with Gasteiger partial charge in [-0.1, -0.05) is 5.92 Å². The monoisotopic (exact) mass is 252 g/mol. The van der Waals surface area contributed by atoms with E-state index in [0.717, 1.165) is 10.8 Å². The smallest absolute Gasteiger partial charge is 0.330 e. The van der Waals surface area contributed by atoms with Crippen LogP contribution in [0.25, 0.3) is 0 Å². The fraction of sp³-hybridized carbons (Fsp3) is 0.273. The minimum absolute atomic E-state index is 0.475. The predicted molar refractivity (Wildman–Crippen MR) is 59.2 cm³/mol. The highest BCUT2D eigenvalue weighted by Gasteiger charge is 2.34. The summed E-state index contributed by atoms with van der Waals surface area (Å²) in [7, 11) is 0. The number of rotatable bonds is 2. The largest absolute Gasteiger partial charge is 0.392 e.